The topological polar surface area (TPSA) is 30.0 Å². The Labute approximate surface area is 123 Å². The molecule has 2 rings (SSSR count). The van der Waals surface area contributed by atoms with Crippen LogP contribution in [-0.2, 0) is 4.79 Å². The van der Waals surface area contributed by atoms with Gasteiger partial charge in [0.15, 0.2) is 0 Å². The third-order valence-electron chi connectivity index (χ3n) is 4.30. The second-order valence-corrected chi connectivity index (χ2v) is 6.66. The number of hydrogen-bond donors (Lipinski definition) is 0. The van der Waals surface area contributed by atoms with E-state index < -0.39 is 0 Å². The van der Waals surface area contributed by atoms with Crippen LogP contribution >= 0.6 is 0 Å². The van der Waals surface area contributed by atoms with Gasteiger partial charge in [-0.05, 0) is 13.0 Å². The van der Waals surface area contributed by atoms with Crippen molar-refractivity contribution < 1.29 is 4.79 Å². The summed E-state index contributed by atoms with van der Waals surface area (Å²) in [7, 11) is 2.19. The Bertz CT molecular complexity index is 305. The van der Waals surface area contributed by atoms with E-state index in [1.54, 1.807) is 0 Å². The number of piperazine rings is 2. The van der Waals surface area contributed by atoms with Gasteiger partial charge in [0.25, 0.3) is 0 Å². The van der Waals surface area contributed by atoms with Crippen LogP contribution < -0.4 is 0 Å². The quantitative estimate of drug-likeness (QED) is 0.746. The summed E-state index contributed by atoms with van der Waals surface area (Å²) >= 11 is 0. The van der Waals surface area contributed by atoms with Gasteiger partial charge in [0.1, 0.15) is 0 Å². The minimum Gasteiger partial charge on any atom is -0.340 e. The van der Waals surface area contributed by atoms with Gasteiger partial charge < -0.3 is 9.80 Å². The van der Waals surface area contributed by atoms with Crippen LogP contribution in [0.1, 0.15) is 20.3 Å². The van der Waals surface area contributed by atoms with Crippen molar-refractivity contribution in [2.75, 3.05) is 66.1 Å². The van der Waals surface area contributed by atoms with Crippen molar-refractivity contribution in [1.29, 1.82) is 0 Å². The molecule has 2 aliphatic heterocycles. The summed E-state index contributed by atoms with van der Waals surface area (Å²) in [5.41, 5.74) is 0. The largest absolute Gasteiger partial charge is 0.340 e. The van der Waals surface area contributed by atoms with Crippen molar-refractivity contribution in [1.82, 2.24) is 19.6 Å². The fourth-order valence-corrected chi connectivity index (χ4v) is 2.89. The average molecular weight is 282 g/mol. The molecule has 0 N–H and O–H groups in total. The minimum absolute atomic E-state index is 0.333. The lowest BCUT2D eigenvalue weighted by Crippen LogP contribution is -2.54. The lowest BCUT2D eigenvalue weighted by Gasteiger charge is -2.40. The Kier molecular flexibility index (Phi) is 5.81. The van der Waals surface area contributed by atoms with Crippen LogP contribution in [-0.4, -0.2) is 91.6 Å². The molecule has 0 aliphatic carbocycles. The van der Waals surface area contributed by atoms with Crippen molar-refractivity contribution in [2.45, 2.75) is 20.3 Å². The first-order valence-corrected chi connectivity index (χ1v) is 7.95. The van der Waals surface area contributed by atoms with E-state index in [0.717, 1.165) is 32.8 Å². The van der Waals surface area contributed by atoms with Gasteiger partial charge in [-0.1, -0.05) is 13.8 Å². The number of nitrogens with zero attached hydrogens (tertiary/aromatic N) is 4. The van der Waals surface area contributed by atoms with Crippen molar-refractivity contribution in [3.05, 3.63) is 0 Å². The molecule has 2 saturated heterocycles. The molecule has 0 aromatic carbocycles. The second kappa shape index (κ2) is 7.38. The fourth-order valence-electron chi connectivity index (χ4n) is 2.89. The van der Waals surface area contributed by atoms with Crippen LogP contribution in [0.3, 0.4) is 0 Å². The molecule has 5 nitrogen and oxygen atoms in total. The van der Waals surface area contributed by atoms with Crippen molar-refractivity contribution >= 4 is 5.91 Å². The predicted octanol–water partition coefficient (Wildman–Crippen LogP) is 0.382. The highest BCUT2D eigenvalue weighted by molar-refractivity contribution is 5.76. The molecule has 0 saturated carbocycles. The Morgan fingerprint density at radius 3 is 1.90 bits per heavy atom. The van der Waals surface area contributed by atoms with Gasteiger partial charge in [-0.2, -0.15) is 0 Å². The molecule has 2 fully saturated rings. The summed E-state index contributed by atoms with van der Waals surface area (Å²) in [6, 6.07) is 0. The van der Waals surface area contributed by atoms with Crippen molar-refractivity contribution in [3.8, 4) is 0 Å². The van der Waals surface area contributed by atoms with Crippen LogP contribution in [0.2, 0.25) is 0 Å². The van der Waals surface area contributed by atoms with Crippen molar-refractivity contribution in [2.24, 2.45) is 5.92 Å². The number of amides is 1. The standard InChI is InChI=1S/C15H30N4O/c1-14(2)12-15(20)19-10-8-18(9-11-19)13-17-6-4-16(3)5-7-17/h14H,4-13H2,1-3H3. The molecule has 0 spiro atoms. The molecule has 1 amide bonds. The number of carbonyl (C=O) groups is 1. The molecule has 5 heteroatoms. The highest BCUT2D eigenvalue weighted by Gasteiger charge is 2.23. The second-order valence-electron chi connectivity index (χ2n) is 6.66. The molecule has 0 bridgehead atoms. The van der Waals surface area contributed by atoms with Crippen LogP contribution in [0.25, 0.3) is 0 Å². The van der Waals surface area contributed by atoms with E-state index in [4.69, 9.17) is 0 Å². The summed E-state index contributed by atoms with van der Waals surface area (Å²) < 4.78 is 0. The van der Waals surface area contributed by atoms with Gasteiger partial charge in [-0.25, -0.2) is 0 Å². The smallest absolute Gasteiger partial charge is 0.222 e. The zero-order chi connectivity index (χ0) is 14.5. The SMILES string of the molecule is CC(C)CC(=O)N1CCN(CN2CCN(C)CC2)CC1. The lowest BCUT2D eigenvalue weighted by atomic mass is 10.1. The molecule has 2 aliphatic rings. The summed E-state index contributed by atoms with van der Waals surface area (Å²) in [6.07, 6.45) is 0.693. The third kappa shape index (κ3) is 4.72. The maximum absolute atomic E-state index is 12.0. The maximum atomic E-state index is 12.0. The fraction of sp³-hybridized carbons (Fsp3) is 0.933. The molecular weight excluding hydrogens is 252 g/mol. The van der Waals surface area contributed by atoms with Crippen LogP contribution in [0, 0.1) is 5.92 Å². The monoisotopic (exact) mass is 282 g/mol. The molecule has 0 aromatic heterocycles. The van der Waals surface area contributed by atoms with E-state index in [9.17, 15) is 4.79 Å². The Morgan fingerprint density at radius 2 is 1.40 bits per heavy atom. The first kappa shape index (κ1) is 15.7. The van der Waals surface area contributed by atoms with Gasteiger partial charge in [0, 0.05) is 58.8 Å². The zero-order valence-corrected chi connectivity index (χ0v) is 13.3. The third-order valence-corrected chi connectivity index (χ3v) is 4.30. The zero-order valence-electron chi connectivity index (χ0n) is 13.3. The average Bonchev–Trinajstić information content (AvgIpc) is 2.41. The van der Waals surface area contributed by atoms with E-state index >= 15 is 0 Å². The normalized spacial score (nSPS) is 23.5. The van der Waals surface area contributed by atoms with E-state index in [1.807, 2.05) is 4.90 Å². The minimum atomic E-state index is 0.333. The van der Waals surface area contributed by atoms with Crippen LogP contribution in [0.15, 0.2) is 0 Å². The maximum Gasteiger partial charge on any atom is 0.222 e. The Morgan fingerprint density at radius 1 is 0.900 bits per heavy atom. The van der Waals surface area contributed by atoms with E-state index in [0.29, 0.717) is 18.2 Å². The lowest BCUT2D eigenvalue weighted by molar-refractivity contribution is -0.134. The number of rotatable bonds is 4. The summed E-state index contributed by atoms with van der Waals surface area (Å²) in [6.45, 7) is 13.8. The number of hydrogen-bond acceptors (Lipinski definition) is 4. The molecular formula is C15H30N4O. The first-order chi connectivity index (χ1) is 9.54. The van der Waals surface area contributed by atoms with Gasteiger partial charge in [-0.15, -0.1) is 0 Å². The molecule has 2 heterocycles. The highest BCUT2D eigenvalue weighted by atomic mass is 16.2. The highest BCUT2D eigenvalue weighted by Crippen LogP contribution is 2.09. The van der Waals surface area contributed by atoms with Gasteiger partial charge in [0.05, 0.1) is 6.67 Å². The van der Waals surface area contributed by atoms with Crippen LogP contribution in [0.5, 0.6) is 0 Å². The molecule has 20 heavy (non-hydrogen) atoms. The number of carbonyl (C=O) groups excluding carboxylic acids is 1. The Balaban J connectivity index is 1.67. The molecule has 0 unspecified atom stereocenters. The summed E-state index contributed by atoms with van der Waals surface area (Å²) in [5.74, 6) is 0.796. The summed E-state index contributed by atoms with van der Waals surface area (Å²) in [5, 5.41) is 0. The molecule has 0 radical (unpaired) electrons. The summed E-state index contributed by atoms with van der Waals surface area (Å²) in [4.78, 5) is 21.5. The molecule has 0 atom stereocenters. The van der Waals surface area contributed by atoms with Gasteiger partial charge >= 0.3 is 0 Å². The van der Waals surface area contributed by atoms with Crippen molar-refractivity contribution in [3.63, 3.8) is 0 Å². The predicted molar refractivity (Wildman–Crippen MR) is 81.5 cm³/mol. The Hall–Kier alpha value is -0.650. The van der Waals surface area contributed by atoms with Crippen LogP contribution in [0.4, 0.5) is 0 Å². The first-order valence-electron chi connectivity index (χ1n) is 7.95. The van der Waals surface area contributed by atoms with E-state index in [2.05, 4.69) is 35.6 Å². The molecule has 116 valence electrons. The van der Waals surface area contributed by atoms with Gasteiger partial charge in [-0.3, -0.25) is 14.6 Å². The van der Waals surface area contributed by atoms with Gasteiger partial charge in [0.2, 0.25) is 5.91 Å². The van der Waals surface area contributed by atoms with E-state index in [-0.39, 0.29) is 0 Å². The molecule has 0 aromatic rings. The number of likely N-dealkylation sites (N-methyl/N-ethyl adjacent to an activating group) is 1. The van der Waals surface area contributed by atoms with E-state index in [1.165, 1.54) is 26.2 Å².